The molecule has 1 aromatic carbocycles. The van der Waals surface area contributed by atoms with Gasteiger partial charge in [-0.1, -0.05) is 12.1 Å². The second-order valence-corrected chi connectivity index (χ2v) is 6.02. The molecule has 0 fully saturated rings. The van der Waals surface area contributed by atoms with Gasteiger partial charge in [0.1, 0.15) is 5.82 Å². The zero-order valence-electron chi connectivity index (χ0n) is 11.9. The number of nitrogen functional groups attached to an aromatic ring is 1. The molecule has 3 aromatic rings. The zero-order chi connectivity index (χ0) is 15.4. The second kappa shape index (κ2) is 6.62. The third-order valence-corrected chi connectivity index (χ3v) is 4.14. The number of nitrogens with zero attached hydrogens (tertiary/aromatic N) is 3. The number of aromatic nitrogens is 3. The molecule has 0 bridgehead atoms. The molecule has 0 unspecified atom stereocenters. The van der Waals surface area contributed by atoms with E-state index in [0.717, 1.165) is 25.0 Å². The van der Waals surface area contributed by atoms with Crippen molar-refractivity contribution in [3.63, 3.8) is 0 Å². The van der Waals surface area contributed by atoms with Crippen LogP contribution in [-0.2, 0) is 12.8 Å². The fourth-order valence-electron chi connectivity index (χ4n) is 2.19. The van der Waals surface area contributed by atoms with Crippen LogP contribution in [-0.4, -0.2) is 15.0 Å². The standard InChI is InChI=1S/C16H15FN4S/c17-14-7-2-1-6-13(14)15-19-9-8-11(21-15)4-3-5-12-10-20-16(18)22-12/h1-2,6-10H,3-5H2,(H2,18,20). The molecular formula is C16H15FN4S. The normalized spacial score (nSPS) is 10.8. The Morgan fingerprint density at radius 3 is 2.73 bits per heavy atom. The van der Waals surface area contributed by atoms with Crippen LogP contribution in [0.15, 0.2) is 42.7 Å². The van der Waals surface area contributed by atoms with Gasteiger partial charge in [-0.25, -0.2) is 19.3 Å². The number of hydrogen-bond donors (Lipinski definition) is 1. The zero-order valence-corrected chi connectivity index (χ0v) is 12.7. The number of hydrogen-bond acceptors (Lipinski definition) is 5. The molecule has 6 heteroatoms. The van der Waals surface area contributed by atoms with Crippen molar-refractivity contribution in [2.45, 2.75) is 19.3 Å². The molecule has 0 amide bonds. The van der Waals surface area contributed by atoms with Crippen molar-refractivity contribution < 1.29 is 4.39 Å². The van der Waals surface area contributed by atoms with Crippen LogP contribution < -0.4 is 5.73 Å². The minimum atomic E-state index is -0.306. The van der Waals surface area contributed by atoms with Gasteiger partial charge in [-0.2, -0.15) is 0 Å². The lowest BCUT2D eigenvalue weighted by atomic mass is 10.1. The Bertz CT molecular complexity index is 772. The third-order valence-electron chi connectivity index (χ3n) is 3.26. The lowest BCUT2D eigenvalue weighted by Crippen LogP contribution is -1.97. The molecule has 2 heterocycles. The highest BCUT2D eigenvalue weighted by molar-refractivity contribution is 7.15. The molecule has 3 rings (SSSR count). The molecule has 112 valence electrons. The van der Waals surface area contributed by atoms with E-state index < -0.39 is 0 Å². The maximum absolute atomic E-state index is 13.8. The average Bonchev–Trinajstić information content (AvgIpc) is 2.94. The van der Waals surface area contributed by atoms with Crippen LogP contribution in [0.1, 0.15) is 17.0 Å². The monoisotopic (exact) mass is 314 g/mol. The molecule has 0 radical (unpaired) electrons. The highest BCUT2D eigenvalue weighted by Gasteiger charge is 2.08. The van der Waals surface area contributed by atoms with E-state index in [2.05, 4.69) is 15.0 Å². The van der Waals surface area contributed by atoms with Crippen LogP contribution in [0.4, 0.5) is 9.52 Å². The molecular weight excluding hydrogens is 299 g/mol. The molecule has 0 aliphatic carbocycles. The Hall–Kier alpha value is -2.34. The Balaban J connectivity index is 1.68. The lowest BCUT2D eigenvalue weighted by Gasteiger charge is -2.04. The molecule has 4 nitrogen and oxygen atoms in total. The van der Waals surface area contributed by atoms with Gasteiger partial charge in [0.2, 0.25) is 0 Å². The molecule has 0 saturated heterocycles. The summed E-state index contributed by atoms with van der Waals surface area (Å²) in [6.07, 6.45) is 6.14. The van der Waals surface area contributed by atoms with Crippen LogP contribution in [0.5, 0.6) is 0 Å². The third kappa shape index (κ3) is 3.46. The summed E-state index contributed by atoms with van der Waals surface area (Å²) in [6, 6.07) is 8.41. The SMILES string of the molecule is Nc1ncc(CCCc2ccnc(-c3ccccc3F)n2)s1. The van der Waals surface area contributed by atoms with Crippen molar-refractivity contribution in [2.24, 2.45) is 0 Å². The fourth-order valence-corrected chi connectivity index (χ4v) is 2.92. The molecule has 0 atom stereocenters. The minimum Gasteiger partial charge on any atom is -0.375 e. The summed E-state index contributed by atoms with van der Waals surface area (Å²) in [7, 11) is 0. The van der Waals surface area contributed by atoms with E-state index in [-0.39, 0.29) is 5.82 Å². The van der Waals surface area contributed by atoms with E-state index in [0.29, 0.717) is 16.5 Å². The average molecular weight is 314 g/mol. The summed E-state index contributed by atoms with van der Waals surface area (Å²) in [4.78, 5) is 13.8. The van der Waals surface area contributed by atoms with Gasteiger partial charge in [0.05, 0.1) is 5.56 Å². The van der Waals surface area contributed by atoms with E-state index >= 15 is 0 Å². The first-order chi connectivity index (χ1) is 10.7. The van der Waals surface area contributed by atoms with Crippen molar-refractivity contribution in [1.29, 1.82) is 0 Å². The first-order valence-electron chi connectivity index (χ1n) is 6.99. The van der Waals surface area contributed by atoms with Gasteiger partial charge in [-0.3, -0.25) is 0 Å². The van der Waals surface area contributed by atoms with Gasteiger partial charge in [0.15, 0.2) is 11.0 Å². The maximum Gasteiger partial charge on any atom is 0.180 e. The first kappa shape index (κ1) is 14.6. The van der Waals surface area contributed by atoms with Gasteiger partial charge in [-0.05, 0) is 37.5 Å². The van der Waals surface area contributed by atoms with Gasteiger partial charge in [0, 0.05) is 23.0 Å². The second-order valence-electron chi connectivity index (χ2n) is 4.87. The molecule has 22 heavy (non-hydrogen) atoms. The maximum atomic E-state index is 13.8. The van der Waals surface area contributed by atoms with E-state index in [1.807, 2.05) is 12.3 Å². The Morgan fingerprint density at radius 1 is 1.09 bits per heavy atom. The number of anilines is 1. The van der Waals surface area contributed by atoms with Gasteiger partial charge in [0.25, 0.3) is 0 Å². The Labute approximate surface area is 131 Å². The predicted octanol–water partition coefficient (Wildman–Crippen LogP) is 3.50. The van der Waals surface area contributed by atoms with Gasteiger partial charge < -0.3 is 5.73 Å². The topological polar surface area (TPSA) is 64.7 Å². The number of benzene rings is 1. The lowest BCUT2D eigenvalue weighted by molar-refractivity contribution is 0.629. The number of halogens is 1. The first-order valence-corrected chi connectivity index (χ1v) is 7.81. The highest BCUT2D eigenvalue weighted by atomic mass is 32.1. The highest BCUT2D eigenvalue weighted by Crippen LogP contribution is 2.20. The molecule has 0 spiro atoms. The van der Waals surface area contributed by atoms with Crippen molar-refractivity contribution in [2.75, 3.05) is 5.73 Å². The summed E-state index contributed by atoms with van der Waals surface area (Å²) in [5.74, 6) is 0.123. The Morgan fingerprint density at radius 2 is 1.95 bits per heavy atom. The van der Waals surface area contributed by atoms with Gasteiger partial charge >= 0.3 is 0 Å². The number of nitrogens with two attached hydrogens (primary N) is 1. The van der Waals surface area contributed by atoms with Crippen LogP contribution in [0, 0.1) is 5.82 Å². The summed E-state index contributed by atoms with van der Waals surface area (Å²) in [6.45, 7) is 0. The summed E-state index contributed by atoms with van der Waals surface area (Å²) >= 11 is 1.51. The molecule has 2 aromatic heterocycles. The fraction of sp³-hybridized carbons (Fsp3) is 0.188. The van der Waals surface area contributed by atoms with Crippen molar-refractivity contribution in [3.8, 4) is 11.4 Å². The molecule has 0 aliphatic heterocycles. The molecule has 0 aliphatic rings. The summed E-state index contributed by atoms with van der Waals surface area (Å²) in [5.41, 5.74) is 6.95. The van der Waals surface area contributed by atoms with E-state index in [9.17, 15) is 4.39 Å². The summed E-state index contributed by atoms with van der Waals surface area (Å²) < 4.78 is 13.8. The molecule has 0 saturated carbocycles. The summed E-state index contributed by atoms with van der Waals surface area (Å²) in [5, 5.41) is 0.596. The van der Waals surface area contributed by atoms with Crippen LogP contribution in [0.3, 0.4) is 0 Å². The smallest absolute Gasteiger partial charge is 0.180 e. The van der Waals surface area contributed by atoms with Gasteiger partial charge in [-0.15, -0.1) is 11.3 Å². The van der Waals surface area contributed by atoms with E-state index in [1.54, 1.807) is 24.4 Å². The molecule has 2 N–H and O–H groups in total. The van der Waals surface area contributed by atoms with Crippen LogP contribution in [0.2, 0.25) is 0 Å². The minimum absolute atomic E-state index is 0.306. The number of aryl methyl sites for hydroxylation is 2. The van der Waals surface area contributed by atoms with E-state index in [1.165, 1.54) is 22.3 Å². The predicted molar refractivity (Wildman–Crippen MR) is 86.0 cm³/mol. The van der Waals surface area contributed by atoms with Crippen molar-refractivity contribution in [3.05, 3.63) is 59.1 Å². The van der Waals surface area contributed by atoms with Crippen LogP contribution in [0.25, 0.3) is 11.4 Å². The Kier molecular flexibility index (Phi) is 4.39. The van der Waals surface area contributed by atoms with Crippen molar-refractivity contribution in [1.82, 2.24) is 15.0 Å². The van der Waals surface area contributed by atoms with E-state index in [4.69, 9.17) is 5.73 Å². The quantitative estimate of drug-likeness (QED) is 0.783. The van der Waals surface area contributed by atoms with Crippen LogP contribution >= 0.6 is 11.3 Å². The number of rotatable bonds is 5. The van der Waals surface area contributed by atoms with Crippen molar-refractivity contribution >= 4 is 16.5 Å². The number of thiazole rings is 1. The largest absolute Gasteiger partial charge is 0.375 e.